The van der Waals surface area contributed by atoms with Crippen LogP contribution in [0.1, 0.15) is 27.0 Å². The van der Waals surface area contributed by atoms with Crippen molar-refractivity contribution in [3.05, 3.63) is 95.1 Å². The smallest absolute Gasteiger partial charge is 0.251 e. The molecule has 6 nitrogen and oxygen atoms in total. The molecule has 0 radical (unpaired) electrons. The molecule has 1 amide bonds. The first-order valence-electron chi connectivity index (χ1n) is 9.82. The summed E-state index contributed by atoms with van der Waals surface area (Å²) < 4.78 is 31.9. The molecule has 7 heteroatoms. The molecule has 0 fully saturated rings. The van der Waals surface area contributed by atoms with Gasteiger partial charge in [-0.25, -0.2) is 8.42 Å². The van der Waals surface area contributed by atoms with Crippen molar-refractivity contribution < 1.29 is 17.9 Å². The Bertz CT molecular complexity index is 1120. The number of carbonyl (C=O) groups is 1. The van der Waals surface area contributed by atoms with Crippen molar-refractivity contribution in [1.29, 1.82) is 0 Å². The van der Waals surface area contributed by atoms with Crippen LogP contribution >= 0.6 is 0 Å². The largest absolute Gasteiger partial charge is 0.497 e. The molecule has 0 aliphatic rings. The summed E-state index contributed by atoms with van der Waals surface area (Å²) in [6, 6.07) is 21.2. The third kappa shape index (κ3) is 5.71. The van der Waals surface area contributed by atoms with Crippen LogP contribution < -0.4 is 10.1 Å². The zero-order chi connectivity index (χ0) is 22.4. The Morgan fingerprint density at radius 2 is 1.48 bits per heavy atom. The van der Waals surface area contributed by atoms with Gasteiger partial charge in [0.15, 0.2) is 0 Å². The van der Waals surface area contributed by atoms with Gasteiger partial charge in [-0.15, -0.1) is 0 Å². The first-order valence-corrected chi connectivity index (χ1v) is 11.3. The Morgan fingerprint density at radius 3 is 2.06 bits per heavy atom. The van der Waals surface area contributed by atoms with Gasteiger partial charge in [0, 0.05) is 25.7 Å². The standard InChI is InChI=1S/C24H26N2O4S/c1-18-4-14-23(15-5-18)31(28,29)26(2)17-20-6-10-21(11-7-20)24(27)25-16-19-8-12-22(30-3)13-9-19/h4-15H,16-17H2,1-3H3,(H,25,27). The lowest BCUT2D eigenvalue weighted by atomic mass is 10.1. The maximum absolute atomic E-state index is 12.7. The van der Waals surface area contributed by atoms with Crippen molar-refractivity contribution in [2.24, 2.45) is 0 Å². The second-order valence-corrected chi connectivity index (χ2v) is 9.35. The first-order chi connectivity index (χ1) is 14.8. The zero-order valence-corrected chi connectivity index (χ0v) is 18.6. The molecule has 162 valence electrons. The van der Waals surface area contributed by atoms with Gasteiger partial charge in [0.1, 0.15) is 5.75 Å². The van der Waals surface area contributed by atoms with Crippen molar-refractivity contribution in [2.45, 2.75) is 24.9 Å². The molecule has 0 bridgehead atoms. The molecule has 1 N–H and O–H groups in total. The molecule has 0 heterocycles. The Kier molecular flexibility index (Phi) is 7.09. The predicted molar refractivity (Wildman–Crippen MR) is 120 cm³/mol. The lowest BCUT2D eigenvalue weighted by Crippen LogP contribution is -2.26. The van der Waals surface area contributed by atoms with E-state index in [0.717, 1.165) is 22.4 Å². The number of rotatable bonds is 8. The Balaban J connectivity index is 1.59. The summed E-state index contributed by atoms with van der Waals surface area (Å²) in [4.78, 5) is 12.7. The quantitative estimate of drug-likeness (QED) is 0.581. The number of hydrogen-bond acceptors (Lipinski definition) is 4. The number of methoxy groups -OCH3 is 1. The fourth-order valence-electron chi connectivity index (χ4n) is 3.02. The van der Waals surface area contributed by atoms with Crippen LogP contribution in [0.5, 0.6) is 5.75 Å². The van der Waals surface area contributed by atoms with Crippen LogP contribution in [0.2, 0.25) is 0 Å². The monoisotopic (exact) mass is 438 g/mol. The van der Waals surface area contributed by atoms with Gasteiger partial charge in [-0.05, 0) is 54.4 Å². The van der Waals surface area contributed by atoms with E-state index in [1.165, 1.54) is 4.31 Å². The minimum Gasteiger partial charge on any atom is -0.497 e. The summed E-state index contributed by atoms with van der Waals surface area (Å²) in [5.74, 6) is 0.572. The number of nitrogens with zero attached hydrogens (tertiary/aromatic N) is 1. The van der Waals surface area contributed by atoms with Crippen LogP contribution in [0.3, 0.4) is 0 Å². The van der Waals surface area contributed by atoms with Gasteiger partial charge in [-0.2, -0.15) is 4.31 Å². The van der Waals surface area contributed by atoms with E-state index >= 15 is 0 Å². The maximum atomic E-state index is 12.7. The van der Waals surface area contributed by atoms with E-state index in [2.05, 4.69) is 5.32 Å². The average Bonchev–Trinajstić information content (AvgIpc) is 2.78. The molecule has 0 spiro atoms. The highest BCUT2D eigenvalue weighted by molar-refractivity contribution is 7.89. The van der Waals surface area contributed by atoms with E-state index in [9.17, 15) is 13.2 Å². The Hall–Kier alpha value is -3.16. The first kappa shape index (κ1) is 22.5. The SMILES string of the molecule is COc1ccc(CNC(=O)c2ccc(CN(C)S(=O)(=O)c3ccc(C)cc3)cc2)cc1. The molecule has 3 aromatic carbocycles. The summed E-state index contributed by atoms with van der Waals surface area (Å²) in [6.07, 6.45) is 0. The highest BCUT2D eigenvalue weighted by Gasteiger charge is 2.20. The number of hydrogen-bond donors (Lipinski definition) is 1. The van der Waals surface area contributed by atoms with Gasteiger partial charge in [0.05, 0.1) is 12.0 Å². The molecule has 3 rings (SSSR count). The van der Waals surface area contributed by atoms with E-state index in [4.69, 9.17) is 4.74 Å². The third-order valence-corrected chi connectivity index (χ3v) is 6.78. The fraction of sp³-hybridized carbons (Fsp3) is 0.208. The highest BCUT2D eigenvalue weighted by Crippen LogP contribution is 2.18. The van der Waals surface area contributed by atoms with Gasteiger partial charge >= 0.3 is 0 Å². The maximum Gasteiger partial charge on any atom is 0.251 e. The second kappa shape index (κ2) is 9.76. The van der Waals surface area contributed by atoms with Crippen molar-refractivity contribution in [1.82, 2.24) is 9.62 Å². The highest BCUT2D eigenvalue weighted by atomic mass is 32.2. The van der Waals surface area contributed by atoms with Crippen molar-refractivity contribution in [3.8, 4) is 5.75 Å². The van der Waals surface area contributed by atoms with Crippen LogP contribution in [0.15, 0.2) is 77.7 Å². The summed E-state index contributed by atoms with van der Waals surface area (Å²) >= 11 is 0. The predicted octanol–water partition coefficient (Wildman–Crippen LogP) is 3.75. The molecule has 0 atom stereocenters. The number of nitrogens with one attached hydrogen (secondary N) is 1. The fourth-order valence-corrected chi connectivity index (χ4v) is 4.18. The molecule has 0 aromatic heterocycles. The van der Waals surface area contributed by atoms with Gasteiger partial charge in [-0.3, -0.25) is 4.79 Å². The molecule has 0 saturated carbocycles. The summed E-state index contributed by atoms with van der Waals surface area (Å²) in [7, 11) is -0.426. The van der Waals surface area contributed by atoms with Crippen LogP contribution in [-0.4, -0.2) is 32.8 Å². The molecular formula is C24H26N2O4S. The van der Waals surface area contributed by atoms with Gasteiger partial charge in [-0.1, -0.05) is 42.0 Å². The number of carbonyl (C=O) groups excluding carboxylic acids is 1. The lowest BCUT2D eigenvalue weighted by molar-refractivity contribution is 0.0951. The van der Waals surface area contributed by atoms with Crippen molar-refractivity contribution in [2.75, 3.05) is 14.2 Å². The molecule has 31 heavy (non-hydrogen) atoms. The van der Waals surface area contributed by atoms with Crippen LogP contribution in [0, 0.1) is 6.92 Å². The number of sulfonamides is 1. The summed E-state index contributed by atoms with van der Waals surface area (Å²) in [5, 5.41) is 2.88. The van der Waals surface area contributed by atoms with Crippen LogP contribution in [0.25, 0.3) is 0 Å². The van der Waals surface area contributed by atoms with E-state index < -0.39 is 10.0 Å². The number of ether oxygens (including phenoxy) is 1. The van der Waals surface area contributed by atoms with Crippen molar-refractivity contribution in [3.63, 3.8) is 0 Å². The summed E-state index contributed by atoms with van der Waals surface area (Å²) in [6.45, 7) is 2.53. The van der Waals surface area contributed by atoms with E-state index in [1.807, 2.05) is 31.2 Å². The molecule has 0 aliphatic heterocycles. The molecule has 0 saturated heterocycles. The van der Waals surface area contributed by atoms with Crippen LogP contribution in [0.4, 0.5) is 0 Å². The molecule has 0 aliphatic carbocycles. The zero-order valence-electron chi connectivity index (χ0n) is 17.8. The molecule has 0 unspecified atom stereocenters. The van der Waals surface area contributed by atoms with E-state index in [0.29, 0.717) is 12.1 Å². The molecular weight excluding hydrogens is 412 g/mol. The number of benzene rings is 3. The molecule has 3 aromatic rings. The Labute approximate surface area is 183 Å². The minimum absolute atomic E-state index is 0.192. The average molecular weight is 439 g/mol. The summed E-state index contributed by atoms with van der Waals surface area (Å²) in [5.41, 5.74) is 3.28. The van der Waals surface area contributed by atoms with E-state index in [-0.39, 0.29) is 17.3 Å². The lowest BCUT2D eigenvalue weighted by Gasteiger charge is -2.17. The third-order valence-electron chi connectivity index (χ3n) is 4.96. The topological polar surface area (TPSA) is 75.7 Å². The van der Waals surface area contributed by atoms with Crippen molar-refractivity contribution >= 4 is 15.9 Å². The van der Waals surface area contributed by atoms with Crippen LogP contribution in [-0.2, 0) is 23.1 Å². The van der Waals surface area contributed by atoms with E-state index in [1.54, 1.807) is 62.7 Å². The van der Waals surface area contributed by atoms with Gasteiger partial charge in [0.2, 0.25) is 10.0 Å². The number of amides is 1. The number of aryl methyl sites for hydroxylation is 1. The normalized spacial score (nSPS) is 11.4. The Morgan fingerprint density at radius 1 is 0.903 bits per heavy atom. The minimum atomic E-state index is -3.58. The second-order valence-electron chi connectivity index (χ2n) is 7.30. The van der Waals surface area contributed by atoms with Gasteiger partial charge in [0.25, 0.3) is 5.91 Å². The van der Waals surface area contributed by atoms with Gasteiger partial charge < -0.3 is 10.1 Å².